The van der Waals surface area contributed by atoms with Gasteiger partial charge in [-0.3, -0.25) is 9.69 Å². The predicted octanol–water partition coefficient (Wildman–Crippen LogP) is -0.290. The van der Waals surface area contributed by atoms with Gasteiger partial charge in [0, 0.05) is 14.1 Å². The molecule has 0 rings (SSSR count). The first-order valence-corrected chi connectivity index (χ1v) is 1.61. The Labute approximate surface area is 42.5 Å². The molecule has 0 fully saturated rings. The largest absolute Gasteiger partial charge is 0.480 e. The van der Waals surface area contributed by atoms with Crippen LogP contribution in [0.25, 0.3) is 0 Å². The molecule has 1 N–H and O–H groups in total. The monoisotopic (exact) mass is 99.0 g/mol. The van der Waals surface area contributed by atoms with Crippen molar-refractivity contribution in [1.82, 2.24) is 4.90 Å². The van der Waals surface area contributed by atoms with Crippen molar-refractivity contribution in [2.75, 3.05) is 6.54 Å². The lowest BCUT2D eigenvalue weighted by Crippen LogP contribution is -2.16. The van der Waals surface area contributed by atoms with Crippen LogP contribution < -0.4 is 0 Å². The van der Waals surface area contributed by atoms with Crippen molar-refractivity contribution in [3.05, 3.63) is 14.1 Å². The maximum Gasteiger partial charge on any atom is 0.317 e. The Bertz CT molecular complexity index is 70.1. The normalized spacial score (nSPS) is 9.57. The molecule has 0 atom stereocenters. The van der Waals surface area contributed by atoms with E-state index in [1.165, 1.54) is 0 Å². The fourth-order valence-corrected chi connectivity index (χ4v) is 0.156. The third-order valence-electron chi connectivity index (χ3n) is 0.318. The van der Waals surface area contributed by atoms with Gasteiger partial charge < -0.3 is 5.11 Å². The average molecular weight is 99.1 g/mol. The summed E-state index contributed by atoms with van der Waals surface area (Å²) in [7, 11) is 9.45. The molecule has 0 saturated carbocycles. The number of carbonyl (C=O) groups is 1. The standard InChI is InChI=1S/C4H5NO2/c1-5(2)3-4(6)7/h1-2H,3H2,(H,6,7). The second-order valence-corrected chi connectivity index (χ2v) is 1.07. The summed E-state index contributed by atoms with van der Waals surface area (Å²) >= 11 is 0. The Morgan fingerprint density at radius 3 is 2.14 bits per heavy atom. The SMILES string of the molecule is [CH]N([CH])CC(=O)O. The molecule has 3 heteroatoms. The number of carboxylic acid groups (broad SMARTS) is 1. The van der Waals surface area contributed by atoms with Crippen molar-refractivity contribution in [3.8, 4) is 0 Å². The van der Waals surface area contributed by atoms with Crippen molar-refractivity contribution in [1.29, 1.82) is 0 Å². The van der Waals surface area contributed by atoms with Crippen LogP contribution in [0.1, 0.15) is 0 Å². The Morgan fingerprint density at radius 1 is 1.71 bits per heavy atom. The second kappa shape index (κ2) is 2.58. The summed E-state index contributed by atoms with van der Waals surface area (Å²) in [6.45, 7) is -0.333. The average Bonchev–Trinajstić information content (AvgIpc) is 1.27. The van der Waals surface area contributed by atoms with Gasteiger partial charge in [-0.25, -0.2) is 0 Å². The molecule has 7 heavy (non-hydrogen) atoms. The smallest absolute Gasteiger partial charge is 0.317 e. The molecule has 0 unspecified atom stereocenters. The van der Waals surface area contributed by atoms with Crippen LogP contribution in [0.5, 0.6) is 0 Å². The van der Waals surface area contributed by atoms with Gasteiger partial charge in [-0.1, -0.05) is 0 Å². The molecule has 0 saturated heterocycles. The van der Waals surface area contributed by atoms with E-state index in [1.807, 2.05) is 0 Å². The van der Waals surface area contributed by atoms with Gasteiger partial charge in [-0.05, 0) is 0 Å². The molecule has 0 aliphatic rings. The van der Waals surface area contributed by atoms with E-state index in [9.17, 15) is 4.79 Å². The van der Waals surface area contributed by atoms with Crippen LogP contribution in [-0.4, -0.2) is 22.5 Å². The van der Waals surface area contributed by atoms with Crippen LogP contribution in [0, 0.1) is 14.1 Å². The number of rotatable bonds is 2. The first kappa shape index (κ1) is 6.43. The van der Waals surface area contributed by atoms with Gasteiger partial charge in [0.2, 0.25) is 0 Å². The lowest BCUT2D eigenvalue weighted by atomic mass is 10.6. The van der Waals surface area contributed by atoms with E-state index >= 15 is 0 Å². The van der Waals surface area contributed by atoms with Crippen LogP contribution in [0.4, 0.5) is 0 Å². The van der Waals surface area contributed by atoms with Crippen molar-refractivity contribution in [2.45, 2.75) is 0 Å². The maximum absolute atomic E-state index is 9.61. The highest BCUT2D eigenvalue weighted by Gasteiger charge is 1.95. The molecular weight excluding hydrogens is 94.0 g/mol. The topological polar surface area (TPSA) is 40.5 Å². The third-order valence-corrected chi connectivity index (χ3v) is 0.318. The zero-order valence-corrected chi connectivity index (χ0v) is 3.66. The molecule has 0 heterocycles. The van der Waals surface area contributed by atoms with Crippen LogP contribution in [0.15, 0.2) is 0 Å². The predicted molar refractivity (Wildman–Crippen MR) is 22.9 cm³/mol. The van der Waals surface area contributed by atoms with Gasteiger partial charge in [-0.15, -0.1) is 0 Å². The van der Waals surface area contributed by atoms with Crippen LogP contribution in [0.2, 0.25) is 0 Å². The van der Waals surface area contributed by atoms with Crippen molar-refractivity contribution in [3.63, 3.8) is 0 Å². The summed E-state index contributed by atoms with van der Waals surface area (Å²) in [5.41, 5.74) is 0. The minimum absolute atomic E-state index is 0.333. The molecule has 0 aromatic carbocycles. The highest BCUT2D eigenvalue weighted by molar-refractivity contribution is 5.69. The zero-order valence-electron chi connectivity index (χ0n) is 3.66. The number of aliphatic carboxylic acids is 1. The van der Waals surface area contributed by atoms with Gasteiger partial charge >= 0.3 is 5.97 Å². The van der Waals surface area contributed by atoms with E-state index in [4.69, 9.17) is 19.2 Å². The molecule has 0 amide bonds. The summed E-state index contributed by atoms with van der Waals surface area (Å²) < 4.78 is 0. The molecule has 0 aromatic heterocycles. The number of carboxylic acids is 1. The summed E-state index contributed by atoms with van der Waals surface area (Å²) in [6, 6.07) is 0. The first-order valence-electron chi connectivity index (χ1n) is 1.61. The molecule has 3 nitrogen and oxygen atoms in total. The van der Waals surface area contributed by atoms with Crippen LogP contribution in [0.3, 0.4) is 0 Å². The Morgan fingerprint density at radius 2 is 2.14 bits per heavy atom. The zero-order chi connectivity index (χ0) is 5.86. The molecule has 0 spiro atoms. The summed E-state index contributed by atoms with van der Waals surface area (Å²) in [4.78, 5) is 10.2. The quantitative estimate of drug-likeness (QED) is 0.483. The molecule has 38 valence electrons. The summed E-state index contributed by atoms with van der Waals surface area (Å²) in [6.07, 6.45) is 0. The minimum atomic E-state index is -1.04. The summed E-state index contributed by atoms with van der Waals surface area (Å²) in [5.74, 6) is -1.04. The van der Waals surface area contributed by atoms with Gasteiger partial charge in [-0.2, -0.15) is 0 Å². The Kier molecular flexibility index (Phi) is 2.37. The highest BCUT2D eigenvalue weighted by atomic mass is 16.4. The molecule has 0 aliphatic heterocycles. The van der Waals surface area contributed by atoms with E-state index in [0.29, 0.717) is 4.90 Å². The number of nitrogens with zero attached hydrogens (tertiary/aromatic N) is 1. The summed E-state index contributed by atoms with van der Waals surface area (Å²) in [5, 5.41) is 7.88. The molecule has 0 aliphatic carbocycles. The van der Waals surface area contributed by atoms with Gasteiger partial charge in [0.15, 0.2) is 0 Å². The lowest BCUT2D eigenvalue weighted by Gasteiger charge is -1.99. The highest BCUT2D eigenvalue weighted by Crippen LogP contribution is 1.75. The Hall–Kier alpha value is -0.570. The fourth-order valence-electron chi connectivity index (χ4n) is 0.156. The van der Waals surface area contributed by atoms with E-state index in [2.05, 4.69) is 0 Å². The van der Waals surface area contributed by atoms with Crippen molar-refractivity contribution in [2.24, 2.45) is 0 Å². The van der Waals surface area contributed by atoms with Crippen molar-refractivity contribution >= 4 is 5.97 Å². The number of hydrogen-bond donors (Lipinski definition) is 1. The van der Waals surface area contributed by atoms with E-state index < -0.39 is 5.97 Å². The lowest BCUT2D eigenvalue weighted by molar-refractivity contribution is -0.137. The van der Waals surface area contributed by atoms with Crippen LogP contribution in [-0.2, 0) is 4.79 Å². The third kappa shape index (κ3) is 5.43. The van der Waals surface area contributed by atoms with E-state index in [0.717, 1.165) is 0 Å². The molecule has 0 bridgehead atoms. The van der Waals surface area contributed by atoms with Crippen molar-refractivity contribution < 1.29 is 9.90 Å². The molecule has 4 radical (unpaired) electrons. The van der Waals surface area contributed by atoms with Gasteiger partial charge in [0.1, 0.15) is 0 Å². The van der Waals surface area contributed by atoms with Gasteiger partial charge in [0.05, 0.1) is 6.54 Å². The maximum atomic E-state index is 9.61. The minimum Gasteiger partial charge on any atom is -0.480 e. The molecule has 0 aromatic rings. The fraction of sp³-hybridized carbons (Fsp3) is 0.250. The molecular formula is C4H5NO2. The first-order chi connectivity index (χ1) is 3.13. The Balaban J connectivity index is 3.13. The van der Waals surface area contributed by atoms with E-state index in [1.54, 1.807) is 0 Å². The van der Waals surface area contributed by atoms with Gasteiger partial charge in [0.25, 0.3) is 0 Å². The van der Waals surface area contributed by atoms with Crippen LogP contribution >= 0.6 is 0 Å². The second-order valence-electron chi connectivity index (χ2n) is 1.07. The number of hydrogen-bond acceptors (Lipinski definition) is 2. The van der Waals surface area contributed by atoms with E-state index in [-0.39, 0.29) is 6.54 Å².